The smallest absolute Gasteiger partial charge is 0.432 e. The average Bonchev–Trinajstić information content (AvgIpc) is 2.99. The molecule has 0 saturated carbocycles. The van der Waals surface area contributed by atoms with E-state index in [1.807, 2.05) is 0 Å². The van der Waals surface area contributed by atoms with Crippen LogP contribution in [0.25, 0.3) is 0 Å². The monoisotopic (exact) mass is 470 g/mol. The van der Waals surface area contributed by atoms with Crippen molar-refractivity contribution in [2.45, 2.75) is 18.1 Å². The van der Waals surface area contributed by atoms with Gasteiger partial charge in [-0.2, -0.15) is 0 Å². The molecule has 2 spiro atoms. The molecule has 3 N–H and O–H groups in total. The number of carbonyl (C=O) groups is 6. The SMILES string of the molecule is O=C1C=CC(=O)OC2(O1)OC(=O)/C=C\C(=O)OC(O)C(CO)(CO)C21OC(=O)C=CC(=O)O1. The Labute approximate surface area is 182 Å². The van der Waals surface area contributed by atoms with E-state index in [1.54, 1.807) is 0 Å². The zero-order valence-electron chi connectivity index (χ0n) is 16.2. The zero-order chi connectivity index (χ0) is 24.4. The number of aliphatic hydroxyl groups excluding tert-OH is 3. The standard InChI is InChI=1S/C18H14O15/c19-7-16(8-20)15(27)28-9(21)1-2-12(24)31-18(32-13(25)5-6-14(26)33-18)17(16)29-10(22)3-4-11(23)30-17/h1-6,15,19-20,27H,7-8H2/b2-1-. The summed E-state index contributed by atoms with van der Waals surface area (Å²) in [6, 6.07) is 0. The van der Waals surface area contributed by atoms with Crippen LogP contribution in [-0.4, -0.2) is 82.4 Å². The van der Waals surface area contributed by atoms with Gasteiger partial charge in [-0.1, -0.05) is 0 Å². The Kier molecular flexibility index (Phi) is 6.04. The van der Waals surface area contributed by atoms with Gasteiger partial charge in [-0.05, 0) is 0 Å². The number of hydrogen-bond acceptors (Lipinski definition) is 15. The van der Waals surface area contributed by atoms with E-state index in [1.165, 1.54) is 0 Å². The molecule has 3 aliphatic heterocycles. The molecule has 0 aliphatic carbocycles. The first kappa shape index (κ1) is 23.6. The molecule has 0 fully saturated rings. The first-order valence-corrected chi connectivity index (χ1v) is 8.82. The van der Waals surface area contributed by atoms with Gasteiger partial charge in [0.05, 0.1) is 13.2 Å². The molecular formula is C18H14O15. The largest absolute Gasteiger partial charge is 0.508 e. The molecule has 0 saturated heterocycles. The highest BCUT2D eigenvalue weighted by molar-refractivity contribution is 5.96. The van der Waals surface area contributed by atoms with Gasteiger partial charge in [0.25, 0.3) is 0 Å². The molecule has 0 aromatic heterocycles. The van der Waals surface area contributed by atoms with Gasteiger partial charge in [0.2, 0.25) is 6.29 Å². The maximum Gasteiger partial charge on any atom is 0.508 e. The second-order valence-corrected chi connectivity index (χ2v) is 6.54. The lowest BCUT2D eigenvalue weighted by atomic mass is 9.77. The van der Waals surface area contributed by atoms with Crippen LogP contribution in [0.15, 0.2) is 36.5 Å². The summed E-state index contributed by atoms with van der Waals surface area (Å²) < 4.78 is 29.3. The third-order valence-electron chi connectivity index (χ3n) is 4.58. The van der Waals surface area contributed by atoms with Crippen LogP contribution in [0.4, 0.5) is 0 Å². The molecule has 0 radical (unpaired) electrons. The minimum absolute atomic E-state index is 0.369. The lowest BCUT2D eigenvalue weighted by Crippen LogP contribution is -2.76. The van der Waals surface area contributed by atoms with Gasteiger partial charge < -0.3 is 43.7 Å². The maximum atomic E-state index is 12.4. The van der Waals surface area contributed by atoms with Crippen LogP contribution in [0.5, 0.6) is 0 Å². The van der Waals surface area contributed by atoms with Crippen molar-refractivity contribution in [2.24, 2.45) is 5.41 Å². The lowest BCUT2D eigenvalue weighted by molar-refractivity contribution is -0.480. The average molecular weight is 470 g/mol. The predicted molar refractivity (Wildman–Crippen MR) is 92.0 cm³/mol. The first-order chi connectivity index (χ1) is 15.5. The van der Waals surface area contributed by atoms with Crippen molar-refractivity contribution in [3.05, 3.63) is 36.5 Å². The second-order valence-electron chi connectivity index (χ2n) is 6.54. The number of carbonyl (C=O) groups excluding carboxylic acids is 6. The maximum absolute atomic E-state index is 12.4. The third kappa shape index (κ3) is 3.84. The number of fused-ring (bicyclic) bond motifs is 1. The fraction of sp³-hybridized carbons (Fsp3) is 0.333. The highest BCUT2D eigenvalue weighted by Crippen LogP contribution is 2.51. The predicted octanol–water partition coefficient (Wildman–Crippen LogP) is -3.41. The van der Waals surface area contributed by atoms with Crippen LogP contribution in [0.2, 0.25) is 0 Å². The van der Waals surface area contributed by atoms with Crippen molar-refractivity contribution in [2.75, 3.05) is 13.2 Å². The number of ether oxygens (including phenoxy) is 6. The van der Waals surface area contributed by atoms with Gasteiger partial charge >= 0.3 is 47.6 Å². The second kappa shape index (κ2) is 8.45. The molecule has 1 atom stereocenters. The van der Waals surface area contributed by atoms with E-state index in [2.05, 4.69) is 4.74 Å². The summed E-state index contributed by atoms with van der Waals surface area (Å²) in [6.07, 6.45) is -0.0190. The summed E-state index contributed by atoms with van der Waals surface area (Å²) in [5, 5.41) is 31.0. The van der Waals surface area contributed by atoms with Gasteiger partial charge in [0.15, 0.2) is 5.41 Å². The Hall–Kier alpha value is -4.08. The first-order valence-electron chi connectivity index (χ1n) is 8.82. The normalized spacial score (nSPS) is 26.7. The van der Waals surface area contributed by atoms with Gasteiger partial charge in [-0.15, -0.1) is 0 Å². The van der Waals surface area contributed by atoms with E-state index in [0.717, 1.165) is 0 Å². The van der Waals surface area contributed by atoms with Crippen LogP contribution < -0.4 is 0 Å². The lowest BCUT2D eigenvalue weighted by Gasteiger charge is -2.51. The van der Waals surface area contributed by atoms with E-state index in [-0.39, 0.29) is 0 Å². The minimum atomic E-state index is -3.72. The fourth-order valence-corrected chi connectivity index (χ4v) is 3.02. The zero-order valence-corrected chi connectivity index (χ0v) is 16.2. The van der Waals surface area contributed by atoms with Crippen molar-refractivity contribution in [3.8, 4) is 0 Å². The van der Waals surface area contributed by atoms with Crippen molar-refractivity contribution in [1.29, 1.82) is 0 Å². The van der Waals surface area contributed by atoms with Crippen molar-refractivity contribution in [3.63, 3.8) is 0 Å². The van der Waals surface area contributed by atoms with Gasteiger partial charge in [0.1, 0.15) is 0 Å². The molecule has 0 bridgehead atoms. The number of esters is 6. The highest BCUT2D eigenvalue weighted by Gasteiger charge is 2.81. The Balaban J connectivity index is 2.44. The molecule has 3 heterocycles. The van der Waals surface area contributed by atoms with E-state index < -0.39 is 72.5 Å². The van der Waals surface area contributed by atoms with Crippen LogP contribution >= 0.6 is 0 Å². The quantitative estimate of drug-likeness (QED) is 0.264. The molecule has 0 amide bonds. The van der Waals surface area contributed by atoms with Gasteiger partial charge in [-0.3, -0.25) is 0 Å². The van der Waals surface area contributed by atoms with E-state index in [0.29, 0.717) is 36.5 Å². The van der Waals surface area contributed by atoms with Crippen LogP contribution in [-0.2, 0) is 57.2 Å². The van der Waals surface area contributed by atoms with Crippen LogP contribution in [0.1, 0.15) is 0 Å². The van der Waals surface area contributed by atoms with Crippen LogP contribution in [0.3, 0.4) is 0 Å². The topological polar surface area (TPSA) is 218 Å². The molecule has 3 aliphatic rings. The molecule has 0 aromatic carbocycles. The van der Waals surface area contributed by atoms with Gasteiger partial charge in [-0.25, -0.2) is 28.8 Å². The Morgan fingerprint density at radius 1 is 0.606 bits per heavy atom. The number of rotatable bonds is 2. The summed E-state index contributed by atoms with van der Waals surface area (Å²) >= 11 is 0. The van der Waals surface area contributed by atoms with Crippen LogP contribution in [0, 0.1) is 5.41 Å². The summed E-state index contributed by atoms with van der Waals surface area (Å²) in [5.41, 5.74) is -3.10. The summed E-state index contributed by atoms with van der Waals surface area (Å²) in [4.78, 5) is 73.5. The van der Waals surface area contributed by atoms with Crippen molar-refractivity contribution < 1.29 is 72.5 Å². The molecule has 15 nitrogen and oxygen atoms in total. The summed E-state index contributed by atoms with van der Waals surface area (Å²) in [6.45, 7) is -3.16. The molecular weight excluding hydrogens is 456 g/mol. The van der Waals surface area contributed by atoms with E-state index in [9.17, 15) is 44.1 Å². The molecule has 176 valence electrons. The molecule has 3 rings (SSSR count). The Morgan fingerprint density at radius 3 is 1.30 bits per heavy atom. The Morgan fingerprint density at radius 2 is 0.939 bits per heavy atom. The highest BCUT2D eigenvalue weighted by atomic mass is 16.9. The van der Waals surface area contributed by atoms with Gasteiger partial charge in [0, 0.05) is 36.5 Å². The van der Waals surface area contributed by atoms with Crippen molar-refractivity contribution >= 4 is 35.8 Å². The summed E-state index contributed by atoms with van der Waals surface area (Å²) in [5.74, 6) is -16.5. The van der Waals surface area contributed by atoms with E-state index >= 15 is 0 Å². The van der Waals surface area contributed by atoms with E-state index in [4.69, 9.17) is 23.7 Å². The number of aliphatic hydroxyl groups is 3. The molecule has 33 heavy (non-hydrogen) atoms. The molecule has 15 heteroatoms. The molecule has 0 aromatic rings. The summed E-state index contributed by atoms with van der Waals surface area (Å²) in [7, 11) is 0. The minimum Gasteiger partial charge on any atom is -0.432 e. The third-order valence-corrected chi connectivity index (χ3v) is 4.58. The number of cyclic esters (lactones) is 1. The molecule has 1 unspecified atom stereocenters. The van der Waals surface area contributed by atoms with Crippen molar-refractivity contribution in [1.82, 2.24) is 0 Å². The Bertz CT molecular complexity index is 958. The number of hydrogen-bond donors (Lipinski definition) is 3. The fourth-order valence-electron chi connectivity index (χ4n) is 3.02.